The van der Waals surface area contributed by atoms with E-state index in [-0.39, 0.29) is 5.56 Å². The Kier molecular flexibility index (Phi) is 2.62. The van der Waals surface area contributed by atoms with Crippen LogP contribution in [0.5, 0.6) is 0 Å². The molecular weight excluding hydrogens is 199 g/mol. The van der Waals surface area contributed by atoms with Gasteiger partial charge < -0.3 is 0 Å². The third-order valence-electron chi connectivity index (χ3n) is 1.51. The summed E-state index contributed by atoms with van der Waals surface area (Å²) in [5.74, 6) is 0. The summed E-state index contributed by atoms with van der Waals surface area (Å²) in [4.78, 5) is -0.198. The van der Waals surface area contributed by atoms with E-state index in [0.29, 0.717) is 22.6 Å². The molecule has 0 amide bonds. The minimum absolute atomic E-state index is 0.269. The van der Waals surface area contributed by atoms with Crippen LogP contribution in [0.1, 0.15) is 22.2 Å². The van der Waals surface area contributed by atoms with Gasteiger partial charge in [0, 0.05) is 4.88 Å². The Balaban J connectivity index is 3.21. The zero-order valence-electron chi connectivity index (χ0n) is 6.77. The predicted molar refractivity (Wildman–Crippen MR) is 43.4 cm³/mol. The van der Waals surface area contributed by atoms with Crippen molar-refractivity contribution in [3.05, 3.63) is 21.4 Å². The molecule has 0 atom stereocenters. The van der Waals surface area contributed by atoms with Crippen LogP contribution in [-0.2, 0) is 12.6 Å². The molecule has 13 heavy (non-hydrogen) atoms. The van der Waals surface area contributed by atoms with Gasteiger partial charge in [-0.2, -0.15) is 18.4 Å². The standard InChI is InChI=1S/C8H6F3NS/c1-2-6-3-5(4-12)7(13-6)8(9,10)11/h3H,2H2,1H3. The fourth-order valence-corrected chi connectivity index (χ4v) is 1.82. The van der Waals surface area contributed by atoms with Gasteiger partial charge >= 0.3 is 6.18 Å². The van der Waals surface area contributed by atoms with E-state index in [1.165, 1.54) is 6.07 Å². The van der Waals surface area contributed by atoms with Crippen LogP contribution in [-0.4, -0.2) is 0 Å². The zero-order valence-corrected chi connectivity index (χ0v) is 7.59. The van der Waals surface area contributed by atoms with Crippen LogP contribution < -0.4 is 0 Å². The molecule has 0 fully saturated rings. The lowest BCUT2D eigenvalue weighted by atomic mass is 10.2. The third kappa shape index (κ3) is 2.01. The first-order valence-corrected chi connectivity index (χ1v) is 4.40. The largest absolute Gasteiger partial charge is 0.426 e. The highest BCUT2D eigenvalue weighted by Gasteiger charge is 2.35. The van der Waals surface area contributed by atoms with E-state index < -0.39 is 11.1 Å². The number of nitrogens with zero attached hydrogens (tertiary/aromatic N) is 1. The van der Waals surface area contributed by atoms with Gasteiger partial charge in [-0.25, -0.2) is 0 Å². The van der Waals surface area contributed by atoms with Crippen molar-refractivity contribution in [3.63, 3.8) is 0 Å². The highest BCUT2D eigenvalue weighted by atomic mass is 32.1. The topological polar surface area (TPSA) is 23.8 Å². The molecule has 70 valence electrons. The minimum atomic E-state index is -4.40. The highest BCUT2D eigenvalue weighted by molar-refractivity contribution is 7.12. The highest BCUT2D eigenvalue weighted by Crippen LogP contribution is 2.37. The molecule has 1 aromatic heterocycles. The number of alkyl halides is 3. The number of thiophene rings is 1. The average Bonchev–Trinajstić information content (AvgIpc) is 2.46. The van der Waals surface area contributed by atoms with Crippen molar-refractivity contribution in [3.8, 4) is 6.07 Å². The summed E-state index contributed by atoms with van der Waals surface area (Å²) < 4.78 is 36.7. The number of hydrogen-bond acceptors (Lipinski definition) is 2. The number of rotatable bonds is 1. The van der Waals surface area contributed by atoms with Gasteiger partial charge in [-0.05, 0) is 12.5 Å². The van der Waals surface area contributed by atoms with Gasteiger partial charge in [0.1, 0.15) is 10.9 Å². The maximum absolute atomic E-state index is 12.2. The van der Waals surface area contributed by atoms with Gasteiger partial charge in [0.05, 0.1) is 5.56 Å². The normalized spacial score (nSPS) is 11.3. The van der Waals surface area contributed by atoms with Gasteiger partial charge in [0.2, 0.25) is 0 Å². The summed E-state index contributed by atoms with van der Waals surface area (Å²) in [6, 6.07) is 2.85. The fraction of sp³-hybridized carbons (Fsp3) is 0.375. The van der Waals surface area contributed by atoms with Crippen molar-refractivity contribution in [1.82, 2.24) is 0 Å². The lowest BCUT2D eigenvalue weighted by Gasteiger charge is -2.01. The van der Waals surface area contributed by atoms with Gasteiger partial charge in [0.25, 0.3) is 0 Å². The van der Waals surface area contributed by atoms with E-state index in [0.717, 1.165) is 0 Å². The quantitative estimate of drug-likeness (QED) is 0.690. The van der Waals surface area contributed by atoms with Gasteiger partial charge in [-0.3, -0.25) is 0 Å². The molecule has 1 aromatic rings. The number of aryl methyl sites for hydroxylation is 1. The van der Waals surface area contributed by atoms with E-state index in [1.807, 2.05) is 0 Å². The summed E-state index contributed by atoms with van der Waals surface area (Å²) in [6.07, 6.45) is -3.88. The SMILES string of the molecule is CCc1cc(C#N)c(C(F)(F)F)s1. The Morgan fingerprint density at radius 2 is 2.15 bits per heavy atom. The molecule has 0 unspecified atom stereocenters. The second-order valence-corrected chi connectivity index (χ2v) is 3.56. The Labute approximate surface area is 77.4 Å². The molecule has 0 saturated heterocycles. The molecule has 1 heterocycles. The summed E-state index contributed by atoms with van der Waals surface area (Å²) in [5, 5.41) is 8.45. The van der Waals surface area contributed by atoms with Crippen LogP contribution in [0.4, 0.5) is 13.2 Å². The van der Waals surface area contributed by atoms with Gasteiger partial charge in [0.15, 0.2) is 0 Å². The van der Waals surface area contributed by atoms with Crippen molar-refractivity contribution >= 4 is 11.3 Å². The van der Waals surface area contributed by atoms with Crippen LogP contribution in [0.25, 0.3) is 0 Å². The van der Waals surface area contributed by atoms with Crippen molar-refractivity contribution in [2.24, 2.45) is 0 Å². The second kappa shape index (κ2) is 3.38. The first-order valence-electron chi connectivity index (χ1n) is 3.59. The first-order chi connectivity index (χ1) is 5.99. The second-order valence-electron chi connectivity index (χ2n) is 2.42. The van der Waals surface area contributed by atoms with Crippen LogP contribution >= 0.6 is 11.3 Å². The Hall–Kier alpha value is -1.02. The van der Waals surface area contributed by atoms with Gasteiger partial charge in [-0.15, -0.1) is 11.3 Å². The molecule has 0 aromatic carbocycles. The Bertz CT molecular complexity index is 345. The predicted octanol–water partition coefficient (Wildman–Crippen LogP) is 3.20. The molecule has 0 spiro atoms. The first kappa shape index (κ1) is 10.1. The van der Waals surface area contributed by atoms with Crippen molar-refractivity contribution < 1.29 is 13.2 Å². The van der Waals surface area contributed by atoms with Crippen molar-refractivity contribution in [1.29, 1.82) is 5.26 Å². The van der Waals surface area contributed by atoms with Crippen LogP contribution in [0.2, 0.25) is 0 Å². The lowest BCUT2D eigenvalue weighted by molar-refractivity contribution is -0.134. The summed E-state index contributed by atoms with van der Waals surface area (Å²) >= 11 is 0.644. The molecule has 0 aliphatic rings. The molecule has 0 aliphatic carbocycles. The maximum atomic E-state index is 12.2. The van der Waals surface area contributed by atoms with E-state index in [4.69, 9.17) is 5.26 Å². The molecule has 5 heteroatoms. The molecule has 0 bridgehead atoms. The maximum Gasteiger partial charge on any atom is 0.426 e. The summed E-state index contributed by atoms with van der Waals surface area (Å²) in [5.41, 5.74) is -0.269. The molecule has 1 nitrogen and oxygen atoms in total. The molecule has 0 radical (unpaired) electrons. The van der Waals surface area contributed by atoms with E-state index >= 15 is 0 Å². The molecule has 0 aliphatic heterocycles. The lowest BCUT2D eigenvalue weighted by Crippen LogP contribution is -2.03. The summed E-state index contributed by atoms with van der Waals surface area (Å²) in [7, 11) is 0. The minimum Gasteiger partial charge on any atom is -0.192 e. The van der Waals surface area contributed by atoms with Crippen LogP contribution in [0.15, 0.2) is 6.07 Å². The third-order valence-corrected chi connectivity index (χ3v) is 2.83. The number of hydrogen-bond donors (Lipinski definition) is 0. The molecular formula is C8H6F3NS. The molecule has 1 rings (SSSR count). The Morgan fingerprint density at radius 1 is 1.54 bits per heavy atom. The average molecular weight is 205 g/mol. The molecule has 0 saturated carbocycles. The molecule has 0 N–H and O–H groups in total. The monoisotopic (exact) mass is 205 g/mol. The summed E-state index contributed by atoms with van der Waals surface area (Å²) in [6.45, 7) is 1.76. The van der Waals surface area contributed by atoms with E-state index in [2.05, 4.69) is 0 Å². The number of nitriles is 1. The van der Waals surface area contributed by atoms with Crippen molar-refractivity contribution in [2.75, 3.05) is 0 Å². The smallest absolute Gasteiger partial charge is 0.192 e. The van der Waals surface area contributed by atoms with Crippen LogP contribution in [0.3, 0.4) is 0 Å². The number of halogens is 3. The van der Waals surface area contributed by atoms with Crippen molar-refractivity contribution in [2.45, 2.75) is 19.5 Å². The van der Waals surface area contributed by atoms with E-state index in [9.17, 15) is 13.2 Å². The zero-order chi connectivity index (χ0) is 10.1. The van der Waals surface area contributed by atoms with E-state index in [1.54, 1.807) is 13.0 Å². The fourth-order valence-electron chi connectivity index (χ4n) is 0.910. The Morgan fingerprint density at radius 3 is 2.46 bits per heavy atom. The van der Waals surface area contributed by atoms with Crippen LogP contribution in [0, 0.1) is 11.3 Å². The van der Waals surface area contributed by atoms with Gasteiger partial charge in [-0.1, -0.05) is 6.92 Å².